The number of carbonyl (C=O) groups is 2. The average Bonchev–Trinajstić information content (AvgIpc) is 3.42. The number of piperidine rings is 1. The number of ether oxygens (including phenoxy) is 2. The number of fused-ring (bicyclic) bond motifs is 1. The summed E-state index contributed by atoms with van der Waals surface area (Å²) in [7, 11) is 1.76. The van der Waals surface area contributed by atoms with Gasteiger partial charge in [-0.15, -0.1) is 0 Å². The number of carbonyl (C=O) groups excluding carboxylic acids is 2. The van der Waals surface area contributed by atoms with E-state index < -0.39 is 6.09 Å². The topological polar surface area (TPSA) is 111 Å². The molecule has 45 heavy (non-hydrogen) atoms. The fourth-order valence-electron chi connectivity index (χ4n) is 5.93. The third-order valence-electron chi connectivity index (χ3n) is 8.58. The minimum Gasteiger partial charge on any atom is -0.445 e. The van der Waals surface area contributed by atoms with Gasteiger partial charge in [0.05, 0.1) is 22.5 Å². The summed E-state index contributed by atoms with van der Waals surface area (Å²) in [5, 5.41) is 8.92. The van der Waals surface area contributed by atoms with E-state index in [4.69, 9.17) is 19.6 Å². The van der Waals surface area contributed by atoms with Gasteiger partial charge in [-0.25, -0.2) is 14.5 Å². The second-order valence-corrected chi connectivity index (χ2v) is 12.5. The summed E-state index contributed by atoms with van der Waals surface area (Å²) in [6.45, 7) is 3.09. The van der Waals surface area contributed by atoms with Crippen LogP contribution >= 0.6 is 11.9 Å². The van der Waals surface area contributed by atoms with Gasteiger partial charge in [0, 0.05) is 45.0 Å². The number of aromatic nitrogens is 3. The lowest BCUT2D eigenvalue weighted by Crippen LogP contribution is -2.35. The summed E-state index contributed by atoms with van der Waals surface area (Å²) in [4.78, 5) is 32.9. The van der Waals surface area contributed by atoms with Crippen LogP contribution in [0, 0.1) is 5.92 Å². The van der Waals surface area contributed by atoms with Crippen molar-refractivity contribution in [2.75, 3.05) is 44.0 Å². The van der Waals surface area contributed by atoms with E-state index in [0.717, 1.165) is 73.4 Å². The monoisotopic (exact) mass is 628 g/mol. The SMILES string of the molecule is COCC1CCN(c2cc(C(=O)NSCCNC(=O)OCc3ccccc3)nc3c2c(C2CCC2)nn3-c2ccccc2)CC1. The third kappa shape index (κ3) is 7.42. The van der Waals surface area contributed by atoms with Crippen molar-refractivity contribution in [1.82, 2.24) is 24.8 Å². The van der Waals surface area contributed by atoms with Crippen LogP contribution in [0.3, 0.4) is 0 Å². The Morgan fingerprint density at radius 2 is 1.73 bits per heavy atom. The van der Waals surface area contributed by atoms with Gasteiger partial charge in [-0.3, -0.25) is 9.52 Å². The van der Waals surface area contributed by atoms with Crippen LogP contribution in [-0.2, 0) is 16.1 Å². The molecule has 6 rings (SSSR count). The predicted molar refractivity (Wildman–Crippen MR) is 177 cm³/mol. The highest BCUT2D eigenvalue weighted by Gasteiger charge is 2.31. The van der Waals surface area contributed by atoms with Gasteiger partial charge in [0.1, 0.15) is 12.3 Å². The maximum Gasteiger partial charge on any atom is 0.407 e. The number of nitrogens with zero attached hydrogens (tertiary/aromatic N) is 4. The van der Waals surface area contributed by atoms with Crippen molar-refractivity contribution in [2.24, 2.45) is 5.92 Å². The van der Waals surface area contributed by atoms with Crippen molar-refractivity contribution in [3.8, 4) is 5.69 Å². The predicted octanol–water partition coefficient (Wildman–Crippen LogP) is 5.86. The summed E-state index contributed by atoms with van der Waals surface area (Å²) in [6, 6.07) is 21.5. The molecular formula is C34H40N6O4S. The molecule has 1 saturated carbocycles. The first-order chi connectivity index (χ1) is 22.1. The highest BCUT2D eigenvalue weighted by molar-refractivity contribution is 7.97. The molecule has 3 heterocycles. The fraction of sp³-hybridized carbons (Fsp3) is 0.412. The number of alkyl carbamates (subject to hydrolysis) is 1. The number of nitrogens with one attached hydrogen (secondary N) is 2. The van der Waals surface area contributed by atoms with E-state index in [2.05, 4.69) is 14.9 Å². The Balaban J connectivity index is 1.19. The van der Waals surface area contributed by atoms with Crippen LogP contribution in [0.1, 0.15) is 59.8 Å². The zero-order valence-corrected chi connectivity index (χ0v) is 26.4. The van der Waals surface area contributed by atoms with Crippen molar-refractivity contribution >= 4 is 40.7 Å². The molecule has 2 fully saturated rings. The molecule has 0 radical (unpaired) electrons. The van der Waals surface area contributed by atoms with E-state index in [1.165, 1.54) is 18.4 Å². The van der Waals surface area contributed by atoms with E-state index in [-0.39, 0.29) is 12.5 Å². The summed E-state index contributed by atoms with van der Waals surface area (Å²) in [5.41, 5.74) is 4.99. The third-order valence-corrected chi connectivity index (χ3v) is 9.32. The molecule has 1 aliphatic carbocycles. The van der Waals surface area contributed by atoms with E-state index in [1.807, 2.05) is 71.4 Å². The zero-order valence-electron chi connectivity index (χ0n) is 25.6. The van der Waals surface area contributed by atoms with Crippen LogP contribution in [0.15, 0.2) is 66.7 Å². The number of hydrogen-bond acceptors (Lipinski definition) is 8. The molecule has 0 atom stereocenters. The quantitative estimate of drug-likeness (QED) is 0.148. The largest absolute Gasteiger partial charge is 0.445 e. The zero-order chi connectivity index (χ0) is 31.0. The van der Waals surface area contributed by atoms with Gasteiger partial charge in [0.15, 0.2) is 5.65 Å². The molecule has 1 aliphatic heterocycles. The standard InChI is InChI=1S/C34H40N6O4S/c1-43-22-25-15-18-39(19-16-25)29-21-28(33(41)38-45-20-17-35-34(42)44-23-24-9-4-2-5-10-24)36-32-30(29)31(26-11-8-12-26)37-40(32)27-13-6-3-7-14-27/h2-7,9-10,13-14,21,25-26H,8,11-12,15-20,22-23H2,1H3,(H,35,42)(H,38,41). The molecule has 0 unspecified atom stereocenters. The van der Waals surface area contributed by atoms with E-state index in [1.54, 1.807) is 7.11 Å². The van der Waals surface area contributed by atoms with Crippen LogP contribution in [0.25, 0.3) is 16.7 Å². The number of para-hydroxylation sites is 1. The van der Waals surface area contributed by atoms with E-state index >= 15 is 0 Å². The second-order valence-electron chi connectivity index (χ2n) is 11.6. The Kier molecular flexibility index (Phi) is 10.2. The Morgan fingerprint density at radius 3 is 2.42 bits per heavy atom. The number of benzene rings is 2. The summed E-state index contributed by atoms with van der Waals surface area (Å²) >= 11 is 1.23. The molecule has 0 spiro atoms. The molecule has 2 N–H and O–H groups in total. The number of pyridine rings is 1. The first kappa shape index (κ1) is 30.9. The van der Waals surface area contributed by atoms with E-state index in [9.17, 15) is 9.59 Å². The van der Waals surface area contributed by atoms with Gasteiger partial charge in [0.2, 0.25) is 0 Å². The lowest BCUT2D eigenvalue weighted by Gasteiger charge is -2.34. The van der Waals surface area contributed by atoms with Crippen LogP contribution in [0.2, 0.25) is 0 Å². The lowest BCUT2D eigenvalue weighted by molar-refractivity contribution is 0.0980. The summed E-state index contributed by atoms with van der Waals surface area (Å²) in [5.74, 6) is 1.12. The second kappa shape index (κ2) is 14.8. The van der Waals surface area contributed by atoms with Crippen molar-refractivity contribution in [3.63, 3.8) is 0 Å². The van der Waals surface area contributed by atoms with Crippen molar-refractivity contribution in [3.05, 3.63) is 83.7 Å². The molecule has 1 saturated heterocycles. The van der Waals surface area contributed by atoms with Gasteiger partial charge in [0.25, 0.3) is 5.91 Å². The van der Waals surface area contributed by atoms with Crippen molar-refractivity contribution in [1.29, 1.82) is 0 Å². The summed E-state index contributed by atoms with van der Waals surface area (Å²) < 4.78 is 15.5. The van der Waals surface area contributed by atoms with Gasteiger partial charge in [-0.2, -0.15) is 5.10 Å². The van der Waals surface area contributed by atoms with Gasteiger partial charge in [-0.1, -0.05) is 55.0 Å². The molecular weight excluding hydrogens is 588 g/mol. The number of methoxy groups -OCH3 is 1. The van der Waals surface area contributed by atoms with Crippen LogP contribution in [0.4, 0.5) is 10.5 Å². The van der Waals surface area contributed by atoms with E-state index in [0.29, 0.717) is 35.5 Å². The first-order valence-corrected chi connectivity index (χ1v) is 16.7. The minimum absolute atomic E-state index is 0.207. The van der Waals surface area contributed by atoms with Crippen LogP contribution in [0.5, 0.6) is 0 Å². The molecule has 10 nitrogen and oxygen atoms in total. The molecule has 2 aliphatic rings. The maximum atomic E-state index is 13.5. The van der Waals surface area contributed by atoms with Crippen LogP contribution < -0.4 is 14.9 Å². The first-order valence-electron chi connectivity index (χ1n) is 15.7. The molecule has 0 bridgehead atoms. The smallest absolute Gasteiger partial charge is 0.407 e. The Labute approximate surface area is 268 Å². The molecule has 2 amide bonds. The fourth-order valence-corrected chi connectivity index (χ4v) is 6.47. The van der Waals surface area contributed by atoms with Crippen molar-refractivity contribution in [2.45, 2.75) is 44.6 Å². The highest BCUT2D eigenvalue weighted by atomic mass is 32.2. The van der Waals surface area contributed by atoms with Crippen LogP contribution in [-0.4, -0.2) is 65.9 Å². The molecule has 11 heteroatoms. The summed E-state index contributed by atoms with van der Waals surface area (Å²) in [6.07, 6.45) is 5.00. The number of rotatable bonds is 12. The average molecular weight is 629 g/mol. The minimum atomic E-state index is -0.492. The van der Waals surface area contributed by atoms with Crippen molar-refractivity contribution < 1.29 is 19.1 Å². The normalized spacial score (nSPS) is 15.5. The Morgan fingerprint density at radius 1 is 1.00 bits per heavy atom. The lowest BCUT2D eigenvalue weighted by atomic mass is 9.82. The highest BCUT2D eigenvalue weighted by Crippen LogP contribution is 2.43. The molecule has 4 aromatic rings. The van der Waals surface area contributed by atoms with Gasteiger partial charge >= 0.3 is 6.09 Å². The maximum absolute atomic E-state index is 13.5. The number of amides is 2. The number of anilines is 1. The molecule has 2 aromatic carbocycles. The Bertz CT molecular complexity index is 1590. The Hall–Kier alpha value is -4.09. The number of hydrogen-bond donors (Lipinski definition) is 2. The van der Waals surface area contributed by atoms with Gasteiger partial charge < -0.3 is 19.7 Å². The molecule has 236 valence electrons. The van der Waals surface area contributed by atoms with Gasteiger partial charge in [-0.05, 0) is 67.3 Å². The molecule has 2 aromatic heterocycles.